The number of nitrogens with one attached hydrogen (secondary N) is 1. The van der Waals surface area contributed by atoms with Crippen LogP contribution in [0, 0.1) is 0 Å². The number of ether oxygens (including phenoxy) is 2. The van der Waals surface area contributed by atoms with E-state index in [-0.39, 0.29) is 11.7 Å². The van der Waals surface area contributed by atoms with E-state index in [9.17, 15) is 0 Å². The van der Waals surface area contributed by atoms with Crippen LogP contribution in [0.2, 0.25) is 10.0 Å². The molecule has 0 saturated carbocycles. The van der Waals surface area contributed by atoms with Gasteiger partial charge < -0.3 is 14.8 Å². The molecule has 1 aliphatic rings. The zero-order valence-corrected chi connectivity index (χ0v) is 12.7. The molecule has 0 aliphatic carbocycles. The van der Waals surface area contributed by atoms with Crippen molar-refractivity contribution in [3.63, 3.8) is 0 Å². The molecule has 0 spiro atoms. The number of halogens is 2. The minimum atomic E-state index is -0.145. The van der Waals surface area contributed by atoms with E-state index in [0.717, 1.165) is 18.7 Å². The highest BCUT2D eigenvalue weighted by Crippen LogP contribution is 2.25. The van der Waals surface area contributed by atoms with Crippen LogP contribution in [0.1, 0.15) is 19.4 Å². The third kappa shape index (κ3) is 4.33. The zero-order chi connectivity index (χ0) is 13.9. The second-order valence-corrected chi connectivity index (χ2v) is 6.16. The molecule has 0 amide bonds. The lowest BCUT2D eigenvalue weighted by Crippen LogP contribution is -2.51. The maximum Gasteiger partial charge on any atom is 0.0940 e. The Morgan fingerprint density at radius 1 is 1.37 bits per heavy atom. The molecule has 106 valence electrons. The molecule has 1 heterocycles. The molecule has 1 unspecified atom stereocenters. The number of rotatable bonds is 4. The highest BCUT2D eigenvalue weighted by Gasteiger charge is 2.28. The van der Waals surface area contributed by atoms with Crippen LogP contribution in [-0.2, 0) is 16.1 Å². The molecular weight excluding hydrogens is 285 g/mol. The van der Waals surface area contributed by atoms with E-state index in [2.05, 4.69) is 19.2 Å². The van der Waals surface area contributed by atoms with Crippen molar-refractivity contribution < 1.29 is 9.47 Å². The molecule has 0 bridgehead atoms. The molecule has 5 heteroatoms. The van der Waals surface area contributed by atoms with Crippen molar-refractivity contribution in [1.29, 1.82) is 0 Å². The van der Waals surface area contributed by atoms with Crippen molar-refractivity contribution in [3.05, 3.63) is 33.8 Å². The quantitative estimate of drug-likeness (QED) is 0.926. The Kier molecular flexibility index (Phi) is 5.09. The molecule has 1 aliphatic heterocycles. The van der Waals surface area contributed by atoms with Crippen molar-refractivity contribution in [2.24, 2.45) is 0 Å². The molecule has 1 atom stereocenters. The van der Waals surface area contributed by atoms with Gasteiger partial charge in [-0.05, 0) is 26.0 Å². The predicted octanol–water partition coefficient (Wildman–Crippen LogP) is 3.28. The fourth-order valence-electron chi connectivity index (χ4n) is 2.12. The molecule has 1 fully saturated rings. The van der Waals surface area contributed by atoms with Crippen molar-refractivity contribution in [3.8, 4) is 0 Å². The lowest BCUT2D eigenvalue weighted by Gasteiger charge is -2.36. The summed E-state index contributed by atoms with van der Waals surface area (Å²) in [6, 6.07) is 5.45. The van der Waals surface area contributed by atoms with Gasteiger partial charge in [0, 0.05) is 28.7 Å². The third-order valence-electron chi connectivity index (χ3n) is 3.02. The van der Waals surface area contributed by atoms with E-state index in [0.29, 0.717) is 23.3 Å². The summed E-state index contributed by atoms with van der Waals surface area (Å²) in [5.74, 6) is 0. The van der Waals surface area contributed by atoms with Gasteiger partial charge in [0.25, 0.3) is 0 Å². The van der Waals surface area contributed by atoms with Crippen molar-refractivity contribution in [1.82, 2.24) is 5.32 Å². The molecule has 1 saturated heterocycles. The first-order valence-corrected chi connectivity index (χ1v) is 7.13. The second-order valence-electron chi connectivity index (χ2n) is 5.35. The fraction of sp³-hybridized carbons (Fsp3) is 0.571. The van der Waals surface area contributed by atoms with E-state index >= 15 is 0 Å². The summed E-state index contributed by atoms with van der Waals surface area (Å²) in [7, 11) is 0. The van der Waals surface area contributed by atoms with Crippen LogP contribution in [-0.4, -0.2) is 31.4 Å². The summed E-state index contributed by atoms with van der Waals surface area (Å²) in [4.78, 5) is 0. The largest absolute Gasteiger partial charge is 0.374 e. The van der Waals surface area contributed by atoms with Crippen LogP contribution in [0.4, 0.5) is 0 Å². The number of morpholine rings is 1. The van der Waals surface area contributed by atoms with Crippen molar-refractivity contribution in [2.45, 2.75) is 32.2 Å². The summed E-state index contributed by atoms with van der Waals surface area (Å²) in [6.45, 7) is 6.73. The number of hydrogen-bond donors (Lipinski definition) is 1. The summed E-state index contributed by atoms with van der Waals surface area (Å²) in [5, 5.41) is 4.61. The number of hydrogen-bond acceptors (Lipinski definition) is 3. The molecule has 0 radical (unpaired) electrons. The summed E-state index contributed by atoms with van der Waals surface area (Å²) >= 11 is 12.2. The molecular formula is C14H19Cl2NO2. The second kappa shape index (κ2) is 6.42. The van der Waals surface area contributed by atoms with Gasteiger partial charge in [-0.3, -0.25) is 0 Å². The molecule has 1 N–H and O–H groups in total. The average Bonchev–Trinajstić information content (AvgIpc) is 2.32. The Bertz CT molecular complexity index is 417. The maximum absolute atomic E-state index is 6.09. The first-order chi connectivity index (χ1) is 8.98. The highest BCUT2D eigenvalue weighted by atomic mass is 35.5. The molecule has 2 rings (SSSR count). The van der Waals surface area contributed by atoms with Gasteiger partial charge >= 0.3 is 0 Å². The van der Waals surface area contributed by atoms with Crippen LogP contribution >= 0.6 is 23.2 Å². The average molecular weight is 304 g/mol. The first-order valence-electron chi connectivity index (χ1n) is 6.37. The standard InChI is InChI=1S/C14H19Cl2NO2/c1-14(2)9-17-6-10(19-14)7-18-8-11-12(15)4-3-5-13(11)16/h3-5,10,17H,6-9H2,1-2H3. The molecule has 0 aromatic heterocycles. The van der Waals surface area contributed by atoms with Gasteiger partial charge in [0.15, 0.2) is 0 Å². The lowest BCUT2D eigenvalue weighted by molar-refractivity contribution is -0.122. The van der Waals surface area contributed by atoms with Gasteiger partial charge in [0.2, 0.25) is 0 Å². The minimum absolute atomic E-state index is 0.0602. The van der Waals surface area contributed by atoms with E-state index < -0.39 is 0 Å². The van der Waals surface area contributed by atoms with Crippen LogP contribution in [0.25, 0.3) is 0 Å². The van der Waals surface area contributed by atoms with E-state index in [1.54, 1.807) is 0 Å². The maximum atomic E-state index is 6.09. The van der Waals surface area contributed by atoms with Crippen LogP contribution in [0.15, 0.2) is 18.2 Å². The van der Waals surface area contributed by atoms with E-state index in [4.69, 9.17) is 32.7 Å². The highest BCUT2D eigenvalue weighted by molar-refractivity contribution is 6.35. The summed E-state index contributed by atoms with van der Waals surface area (Å²) in [5.41, 5.74) is 0.683. The Morgan fingerprint density at radius 3 is 2.68 bits per heavy atom. The summed E-state index contributed by atoms with van der Waals surface area (Å²) in [6.07, 6.45) is 0.0602. The lowest BCUT2D eigenvalue weighted by atomic mass is 10.1. The smallest absolute Gasteiger partial charge is 0.0940 e. The molecule has 19 heavy (non-hydrogen) atoms. The Hall–Kier alpha value is -0.320. The SMILES string of the molecule is CC1(C)CNCC(COCc2c(Cl)cccc2Cl)O1. The third-order valence-corrected chi connectivity index (χ3v) is 3.73. The van der Waals surface area contributed by atoms with Gasteiger partial charge in [0.1, 0.15) is 0 Å². The van der Waals surface area contributed by atoms with Crippen molar-refractivity contribution in [2.75, 3.05) is 19.7 Å². The normalized spacial score (nSPS) is 22.4. The summed E-state index contributed by atoms with van der Waals surface area (Å²) < 4.78 is 11.6. The monoisotopic (exact) mass is 303 g/mol. The predicted molar refractivity (Wildman–Crippen MR) is 77.9 cm³/mol. The van der Waals surface area contributed by atoms with E-state index in [1.165, 1.54) is 0 Å². The van der Waals surface area contributed by atoms with Crippen LogP contribution in [0.3, 0.4) is 0 Å². The molecule has 1 aromatic rings. The first kappa shape index (κ1) is 15.1. The van der Waals surface area contributed by atoms with Crippen LogP contribution < -0.4 is 5.32 Å². The van der Waals surface area contributed by atoms with Crippen LogP contribution in [0.5, 0.6) is 0 Å². The topological polar surface area (TPSA) is 30.5 Å². The van der Waals surface area contributed by atoms with Gasteiger partial charge in [-0.25, -0.2) is 0 Å². The Morgan fingerprint density at radius 2 is 2.05 bits per heavy atom. The molecule has 1 aromatic carbocycles. The van der Waals surface area contributed by atoms with Gasteiger partial charge in [-0.15, -0.1) is 0 Å². The molecule has 3 nitrogen and oxygen atoms in total. The van der Waals surface area contributed by atoms with Crippen molar-refractivity contribution >= 4 is 23.2 Å². The fourth-order valence-corrected chi connectivity index (χ4v) is 2.63. The van der Waals surface area contributed by atoms with Gasteiger partial charge in [-0.1, -0.05) is 29.3 Å². The Balaban J connectivity index is 1.83. The minimum Gasteiger partial charge on any atom is -0.374 e. The number of benzene rings is 1. The zero-order valence-electron chi connectivity index (χ0n) is 11.2. The van der Waals surface area contributed by atoms with Gasteiger partial charge in [0.05, 0.1) is 24.9 Å². The van der Waals surface area contributed by atoms with Gasteiger partial charge in [-0.2, -0.15) is 0 Å². The Labute approximate surface area is 124 Å². The van der Waals surface area contributed by atoms with E-state index in [1.807, 2.05) is 18.2 Å².